The molecule has 1 saturated carbocycles. The largest absolute Gasteiger partial charge is 0.468 e. The summed E-state index contributed by atoms with van der Waals surface area (Å²) in [6.45, 7) is 4.21. The van der Waals surface area contributed by atoms with Gasteiger partial charge in [-0.1, -0.05) is 12.2 Å². The monoisotopic (exact) mass is 260 g/mol. The third-order valence-corrected chi connectivity index (χ3v) is 3.74. The molecule has 1 aromatic rings. The molecule has 2 aliphatic rings. The summed E-state index contributed by atoms with van der Waals surface area (Å²) < 4.78 is 15.7. The molecule has 0 aromatic heterocycles. The first-order valence-electron chi connectivity index (χ1n) is 6.33. The Kier molecular flexibility index (Phi) is 3.03. The molecule has 1 fully saturated rings. The van der Waals surface area contributed by atoms with Gasteiger partial charge >= 0.3 is 5.97 Å². The highest BCUT2D eigenvalue weighted by molar-refractivity contribution is 5.80. The Bertz CT molecular complexity index is 535. The molecule has 1 aliphatic carbocycles. The van der Waals surface area contributed by atoms with E-state index in [0.717, 1.165) is 29.7 Å². The highest BCUT2D eigenvalue weighted by atomic mass is 16.7. The molecule has 2 atom stereocenters. The van der Waals surface area contributed by atoms with Crippen LogP contribution in [0, 0.1) is 5.92 Å². The zero-order chi connectivity index (χ0) is 13.4. The number of hydrogen-bond donors (Lipinski definition) is 0. The number of fused-ring (bicyclic) bond motifs is 3. The minimum atomic E-state index is -0.137. The maximum atomic E-state index is 11.9. The molecule has 4 nitrogen and oxygen atoms in total. The number of methoxy groups -OCH3 is 1. The Balaban J connectivity index is 1.94. The van der Waals surface area contributed by atoms with Gasteiger partial charge in [0.25, 0.3) is 0 Å². The van der Waals surface area contributed by atoms with Crippen LogP contribution in [0.25, 0.3) is 0 Å². The van der Waals surface area contributed by atoms with Crippen molar-refractivity contribution in [3.05, 3.63) is 35.9 Å². The van der Waals surface area contributed by atoms with Gasteiger partial charge in [0.15, 0.2) is 6.79 Å². The van der Waals surface area contributed by atoms with E-state index in [9.17, 15) is 4.79 Å². The van der Waals surface area contributed by atoms with Crippen LogP contribution in [-0.2, 0) is 9.53 Å². The first-order valence-corrected chi connectivity index (χ1v) is 6.33. The second-order valence-corrected chi connectivity index (χ2v) is 5.04. The van der Waals surface area contributed by atoms with Gasteiger partial charge in [0.2, 0.25) is 0 Å². The lowest BCUT2D eigenvalue weighted by atomic mass is 9.86. The van der Waals surface area contributed by atoms with Gasteiger partial charge in [-0.2, -0.15) is 0 Å². The maximum Gasteiger partial charge on any atom is 0.315 e. The van der Waals surface area contributed by atoms with Crippen LogP contribution in [0.15, 0.2) is 30.4 Å². The number of carbonyl (C=O) groups excluding carboxylic acids is 1. The molecule has 0 N–H and O–H groups in total. The third kappa shape index (κ3) is 2.12. The van der Waals surface area contributed by atoms with Crippen LogP contribution >= 0.6 is 0 Å². The summed E-state index contributed by atoms with van der Waals surface area (Å²) in [7, 11) is 1.58. The standard InChI is InChI=1S/C15H16O4/c1-9-5-11-12-7-10(18-8-17-2)3-4-14(12)19-15(16)13(11)6-9/h3-4,7,11,13H,1,5-6,8H2,2H3. The van der Waals surface area contributed by atoms with Crippen molar-refractivity contribution in [1.82, 2.24) is 0 Å². The van der Waals surface area contributed by atoms with Crippen molar-refractivity contribution in [3.8, 4) is 11.5 Å². The van der Waals surface area contributed by atoms with E-state index >= 15 is 0 Å². The zero-order valence-electron chi connectivity index (χ0n) is 10.8. The molecule has 1 aliphatic heterocycles. The molecular weight excluding hydrogens is 244 g/mol. The lowest BCUT2D eigenvalue weighted by Crippen LogP contribution is -2.28. The molecule has 2 unspecified atom stereocenters. The number of benzene rings is 1. The Morgan fingerprint density at radius 3 is 2.95 bits per heavy atom. The predicted octanol–water partition coefficient (Wildman–Crippen LogP) is 2.64. The fraction of sp³-hybridized carbons (Fsp3) is 0.400. The van der Waals surface area contributed by atoms with Crippen LogP contribution in [0.1, 0.15) is 24.3 Å². The highest BCUT2D eigenvalue weighted by Gasteiger charge is 2.42. The fourth-order valence-electron chi connectivity index (χ4n) is 2.87. The Labute approximate surface area is 112 Å². The van der Waals surface area contributed by atoms with Crippen molar-refractivity contribution in [2.75, 3.05) is 13.9 Å². The minimum Gasteiger partial charge on any atom is -0.468 e. The van der Waals surface area contributed by atoms with Gasteiger partial charge < -0.3 is 14.2 Å². The number of ether oxygens (including phenoxy) is 3. The third-order valence-electron chi connectivity index (χ3n) is 3.74. The van der Waals surface area contributed by atoms with Gasteiger partial charge in [0, 0.05) is 18.6 Å². The van der Waals surface area contributed by atoms with Gasteiger partial charge in [-0.05, 0) is 31.0 Å². The van der Waals surface area contributed by atoms with Crippen molar-refractivity contribution >= 4 is 5.97 Å². The van der Waals surface area contributed by atoms with E-state index < -0.39 is 0 Å². The predicted molar refractivity (Wildman–Crippen MR) is 69.2 cm³/mol. The lowest BCUT2D eigenvalue weighted by molar-refractivity contribution is -0.140. The van der Waals surface area contributed by atoms with E-state index in [0.29, 0.717) is 5.75 Å². The average molecular weight is 260 g/mol. The molecule has 4 heteroatoms. The van der Waals surface area contributed by atoms with Crippen molar-refractivity contribution in [2.45, 2.75) is 18.8 Å². The normalized spacial score (nSPS) is 24.7. The van der Waals surface area contributed by atoms with Crippen LogP contribution in [0.4, 0.5) is 0 Å². The van der Waals surface area contributed by atoms with Gasteiger partial charge in [-0.3, -0.25) is 4.79 Å². The van der Waals surface area contributed by atoms with Crippen LogP contribution in [0.3, 0.4) is 0 Å². The van der Waals surface area contributed by atoms with Crippen molar-refractivity contribution < 1.29 is 19.0 Å². The fourth-order valence-corrected chi connectivity index (χ4v) is 2.87. The molecule has 0 radical (unpaired) electrons. The minimum absolute atomic E-state index is 0.0855. The quantitative estimate of drug-likeness (QED) is 0.363. The first kappa shape index (κ1) is 12.2. The lowest BCUT2D eigenvalue weighted by Gasteiger charge is -2.26. The van der Waals surface area contributed by atoms with E-state index in [1.807, 2.05) is 6.07 Å². The molecule has 0 spiro atoms. The summed E-state index contributed by atoms with van der Waals surface area (Å²) in [5, 5.41) is 0. The molecule has 1 heterocycles. The molecule has 19 heavy (non-hydrogen) atoms. The summed E-state index contributed by atoms with van der Waals surface area (Å²) in [5.74, 6) is 1.33. The van der Waals surface area contributed by atoms with E-state index in [2.05, 4.69) is 6.58 Å². The SMILES string of the molecule is C=C1CC2C(=O)Oc3ccc(OCOC)cc3C2C1. The molecule has 0 amide bonds. The van der Waals surface area contributed by atoms with Crippen LogP contribution in [0.5, 0.6) is 11.5 Å². The van der Waals surface area contributed by atoms with Gasteiger partial charge in [-0.25, -0.2) is 0 Å². The first-order chi connectivity index (χ1) is 9.19. The summed E-state index contributed by atoms with van der Waals surface area (Å²) in [6.07, 6.45) is 1.58. The zero-order valence-corrected chi connectivity index (χ0v) is 10.8. The average Bonchev–Trinajstić information content (AvgIpc) is 2.79. The van der Waals surface area contributed by atoms with E-state index in [4.69, 9.17) is 14.2 Å². The van der Waals surface area contributed by atoms with E-state index in [-0.39, 0.29) is 24.6 Å². The number of hydrogen-bond acceptors (Lipinski definition) is 4. The number of rotatable bonds is 3. The van der Waals surface area contributed by atoms with E-state index in [1.165, 1.54) is 0 Å². The van der Waals surface area contributed by atoms with E-state index in [1.54, 1.807) is 19.2 Å². The molecule has 0 saturated heterocycles. The van der Waals surface area contributed by atoms with Crippen molar-refractivity contribution in [1.29, 1.82) is 0 Å². The summed E-state index contributed by atoms with van der Waals surface area (Å²) in [6, 6.07) is 5.52. The van der Waals surface area contributed by atoms with Crippen LogP contribution in [-0.4, -0.2) is 19.9 Å². The second-order valence-electron chi connectivity index (χ2n) is 5.04. The van der Waals surface area contributed by atoms with Gasteiger partial charge in [0.05, 0.1) is 5.92 Å². The number of esters is 1. The Morgan fingerprint density at radius 1 is 1.37 bits per heavy atom. The number of allylic oxidation sites excluding steroid dienone is 1. The topological polar surface area (TPSA) is 44.8 Å². The Hall–Kier alpha value is -1.81. The summed E-state index contributed by atoms with van der Waals surface area (Å²) in [5.41, 5.74) is 2.15. The Morgan fingerprint density at radius 2 is 2.16 bits per heavy atom. The molecule has 100 valence electrons. The summed E-state index contributed by atoms with van der Waals surface area (Å²) >= 11 is 0. The number of carbonyl (C=O) groups is 1. The van der Waals surface area contributed by atoms with Crippen molar-refractivity contribution in [2.24, 2.45) is 5.92 Å². The van der Waals surface area contributed by atoms with Crippen LogP contribution < -0.4 is 9.47 Å². The van der Waals surface area contributed by atoms with Gasteiger partial charge in [-0.15, -0.1) is 0 Å². The molecular formula is C15H16O4. The van der Waals surface area contributed by atoms with Crippen LogP contribution in [0.2, 0.25) is 0 Å². The highest BCUT2D eigenvalue weighted by Crippen LogP contribution is 2.49. The smallest absolute Gasteiger partial charge is 0.315 e. The molecule has 0 bridgehead atoms. The summed E-state index contributed by atoms with van der Waals surface area (Å²) in [4.78, 5) is 11.9. The van der Waals surface area contributed by atoms with Gasteiger partial charge in [0.1, 0.15) is 11.5 Å². The van der Waals surface area contributed by atoms with Crippen molar-refractivity contribution in [3.63, 3.8) is 0 Å². The second kappa shape index (κ2) is 4.70. The molecule has 3 rings (SSSR count). The molecule has 1 aromatic carbocycles. The maximum absolute atomic E-state index is 11.9.